The van der Waals surface area contributed by atoms with E-state index >= 15 is 0 Å². The summed E-state index contributed by atoms with van der Waals surface area (Å²) < 4.78 is 5.22. The van der Waals surface area contributed by atoms with Crippen LogP contribution in [0.3, 0.4) is 0 Å². The first kappa shape index (κ1) is 18.3. The molecule has 0 saturated heterocycles. The normalized spacial score (nSPS) is 10.0. The van der Waals surface area contributed by atoms with Crippen molar-refractivity contribution in [1.29, 1.82) is 0 Å². The lowest BCUT2D eigenvalue weighted by atomic mass is 10.1. The third-order valence-electron chi connectivity index (χ3n) is 3.57. The average molecular weight is 341 g/mol. The Morgan fingerprint density at radius 3 is 2.44 bits per heavy atom. The van der Waals surface area contributed by atoms with Crippen LogP contribution >= 0.6 is 0 Å². The minimum Gasteiger partial charge on any atom is -0.495 e. The molecule has 0 fully saturated rings. The molecule has 6 heteroatoms. The van der Waals surface area contributed by atoms with Gasteiger partial charge in [-0.2, -0.15) is 0 Å². The van der Waals surface area contributed by atoms with Crippen LogP contribution in [-0.2, 0) is 17.8 Å². The lowest BCUT2D eigenvalue weighted by Gasteiger charge is -2.12. The van der Waals surface area contributed by atoms with Gasteiger partial charge in [0.25, 0.3) is 0 Å². The lowest BCUT2D eigenvalue weighted by Crippen LogP contribution is -2.36. The molecule has 0 atom stereocenters. The Bertz CT molecular complexity index is 717. The first-order valence-corrected chi connectivity index (χ1v) is 8.08. The molecule has 0 aromatic heterocycles. The van der Waals surface area contributed by atoms with Gasteiger partial charge in [-0.05, 0) is 29.7 Å². The summed E-state index contributed by atoms with van der Waals surface area (Å²) in [5.74, 6) is 0.446. The van der Waals surface area contributed by atoms with Crippen LogP contribution in [0, 0.1) is 0 Å². The fourth-order valence-corrected chi connectivity index (χ4v) is 2.36. The van der Waals surface area contributed by atoms with Crippen molar-refractivity contribution in [2.45, 2.75) is 19.9 Å². The van der Waals surface area contributed by atoms with E-state index in [1.54, 1.807) is 13.2 Å². The zero-order chi connectivity index (χ0) is 18.1. The Morgan fingerprint density at radius 2 is 1.76 bits per heavy atom. The number of hydrogen-bond acceptors (Lipinski definition) is 3. The van der Waals surface area contributed by atoms with Gasteiger partial charge in [0.2, 0.25) is 5.91 Å². The van der Waals surface area contributed by atoms with Gasteiger partial charge in [0, 0.05) is 20.0 Å². The van der Waals surface area contributed by atoms with Crippen molar-refractivity contribution in [3.8, 4) is 5.75 Å². The molecule has 25 heavy (non-hydrogen) atoms. The number of anilines is 1. The standard InChI is InChI=1S/C19H23N3O3/c1-14(23)22-17-12-15(8-9-18(17)25-2)10-11-20-19(24)21-13-16-6-4-3-5-7-16/h3-9,12H,10-11,13H2,1-2H3,(H,22,23)(H2,20,21,24). The highest BCUT2D eigenvalue weighted by Crippen LogP contribution is 2.25. The fraction of sp³-hybridized carbons (Fsp3) is 0.263. The van der Waals surface area contributed by atoms with E-state index in [4.69, 9.17) is 4.74 Å². The van der Waals surface area contributed by atoms with Gasteiger partial charge in [0.15, 0.2) is 0 Å². The van der Waals surface area contributed by atoms with Crippen molar-refractivity contribution in [2.24, 2.45) is 0 Å². The molecule has 0 bridgehead atoms. The molecule has 0 aliphatic carbocycles. The molecule has 6 nitrogen and oxygen atoms in total. The van der Waals surface area contributed by atoms with Gasteiger partial charge >= 0.3 is 6.03 Å². The molecule has 0 unspecified atom stereocenters. The molecule has 132 valence electrons. The molecule has 0 aliphatic rings. The number of hydrogen-bond donors (Lipinski definition) is 3. The molecule has 0 saturated carbocycles. The quantitative estimate of drug-likeness (QED) is 0.724. The van der Waals surface area contributed by atoms with E-state index < -0.39 is 0 Å². The molecule has 3 amide bonds. The number of benzene rings is 2. The summed E-state index contributed by atoms with van der Waals surface area (Å²) in [6.45, 7) is 2.43. The van der Waals surface area contributed by atoms with Crippen LogP contribution in [-0.4, -0.2) is 25.6 Å². The van der Waals surface area contributed by atoms with E-state index in [0.717, 1.165) is 11.1 Å². The van der Waals surface area contributed by atoms with Crippen molar-refractivity contribution in [1.82, 2.24) is 10.6 Å². The third-order valence-corrected chi connectivity index (χ3v) is 3.57. The Balaban J connectivity index is 1.80. The summed E-state index contributed by atoms with van der Waals surface area (Å²) in [6, 6.07) is 15.1. The molecule has 0 spiro atoms. The topological polar surface area (TPSA) is 79.5 Å². The van der Waals surface area contributed by atoms with E-state index in [1.165, 1.54) is 6.92 Å². The van der Waals surface area contributed by atoms with Crippen molar-refractivity contribution >= 4 is 17.6 Å². The SMILES string of the molecule is COc1ccc(CCNC(=O)NCc2ccccc2)cc1NC(C)=O. The zero-order valence-electron chi connectivity index (χ0n) is 14.5. The molecular weight excluding hydrogens is 318 g/mol. The Labute approximate surface area is 147 Å². The zero-order valence-corrected chi connectivity index (χ0v) is 14.5. The van der Waals surface area contributed by atoms with Gasteiger partial charge in [-0.3, -0.25) is 4.79 Å². The van der Waals surface area contributed by atoms with Gasteiger partial charge in [-0.15, -0.1) is 0 Å². The van der Waals surface area contributed by atoms with Crippen LogP contribution in [0.15, 0.2) is 48.5 Å². The highest BCUT2D eigenvalue weighted by molar-refractivity contribution is 5.90. The molecular formula is C19H23N3O3. The smallest absolute Gasteiger partial charge is 0.315 e. The second kappa shape index (κ2) is 9.32. The molecule has 0 radical (unpaired) electrons. The highest BCUT2D eigenvalue weighted by atomic mass is 16.5. The maximum absolute atomic E-state index is 11.8. The Kier molecular flexibility index (Phi) is 6.83. The maximum Gasteiger partial charge on any atom is 0.315 e. The third kappa shape index (κ3) is 6.18. The van der Waals surface area contributed by atoms with E-state index in [2.05, 4.69) is 16.0 Å². The number of nitrogens with one attached hydrogen (secondary N) is 3. The van der Waals surface area contributed by atoms with Gasteiger partial charge in [0.1, 0.15) is 5.75 Å². The van der Waals surface area contributed by atoms with Gasteiger partial charge in [-0.1, -0.05) is 36.4 Å². The largest absolute Gasteiger partial charge is 0.495 e. The molecule has 0 aliphatic heterocycles. The van der Waals surface area contributed by atoms with Crippen LogP contribution in [0.5, 0.6) is 5.75 Å². The summed E-state index contributed by atoms with van der Waals surface area (Å²) in [7, 11) is 1.55. The van der Waals surface area contributed by atoms with Crippen molar-refractivity contribution in [3.05, 3.63) is 59.7 Å². The van der Waals surface area contributed by atoms with Crippen LogP contribution < -0.4 is 20.7 Å². The first-order chi connectivity index (χ1) is 12.1. The summed E-state index contributed by atoms with van der Waals surface area (Å²) in [4.78, 5) is 23.1. The number of urea groups is 1. The number of amides is 3. The minimum absolute atomic E-state index is 0.158. The van der Waals surface area contributed by atoms with Crippen molar-refractivity contribution in [3.63, 3.8) is 0 Å². The minimum atomic E-state index is -0.209. The fourth-order valence-electron chi connectivity index (χ4n) is 2.36. The van der Waals surface area contributed by atoms with E-state index in [1.807, 2.05) is 42.5 Å². The summed E-state index contributed by atoms with van der Waals surface area (Å²) in [6.07, 6.45) is 0.648. The molecule has 2 aromatic carbocycles. The monoisotopic (exact) mass is 341 g/mol. The summed E-state index contributed by atoms with van der Waals surface area (Å²) in [5, 5.41) is 8.37. The Morgan fingerprint density at radius 1 is 1.00 bits per heavy atom. The Hall–Kier alpha value is -3.02. The number of carbonyl (C=O) groups excluding carboxylic acids is 2. The van der Waals surface area contributed by atoms with Crippen molar-refractivity contribution < 1.29 is 14.3 Å². The van der Waals surface area contributed by atoms with Gasteiger partial charge in [-0.25, -0.2) is 4.79 Å². The van der Waals surface area contributed by atoms with E-state index in [-0.39, 0.29) is 11.9 Å². The van der Waals surface area contributed by atoms with Crippen LogP contribution in [0.25, 0.3) is 0 Å². The van der Waals surface area contributed by atoms with Crippen LogP contribution in [0.4, 0.5) is 10.5 Å². The highest BCUT2D eigenvalue weighted by Gasteiger charge is 2.06. The lowest BCUT2D eigenvalue weighted by molar-refractivity contribution is -0.114. The summed E-state index contributed by atoms with van der Waals surface area (Å²) in [5.41, 5.74) is 2.67. The van der Waals surface area contributed by atoms with Crippen LogP contribution in [0.1, 0.15) is 18.1 Å². The van der Waals surface area contributed by atoms with E-state index in [0.29, 0.717) is 30.9 Å². The van der Waals surface area contributed by atoms with Crippen molar-refractivity contribution in [2.75, 3.05) is 19.0 Å². The number of methoxy groups -OCH3 is 1. The predicted octanol–water partition coefficient (Wildman–Crippen LogP) is 2.70. The molecule has 2 rings (SSSR count). The maximum atomic E-state index is 11.8. The first-order valence-electron chi connectivity index (χ1n) is 8.08. The average Bonchev–Trinajstić information content (AvgIpc) is 2.60. The number of rotatable bonds is 7. The van der Waals surface area contributed by atoms with Crippen LogP contribution in [0.2, 0.25) is 0 Å². The van der Waals surface area contributed by atoms with Gasteiger partial charge in [0.05, 0.1) is 12.8 Å². The number of carbonyl (C=O) groups is 2. The molecule has 0 heterocycles. The van der Waals surface area contributed by atoms with E-state index in [9.17, 15) is 9.59 Å². The predicted molar refractivity (Wildman–Crippen MR) is 97.7 cm³/mol. The summed E-state index contributed by atoms with van der Waals surface area (Å²) >= 11 is 0. The second-order valence-electron chi connectivity index (χ2n) is 5.56. The molecule has 2 aromatic rings. The van der Waals surface area contributed by atoms with Gasteiger partial charge < -0.3 is 20.7 Å². The molecule has 3 N–H and O–H groups in total. The second-order valence-corrected chi connectivity index (χ2v) is 5.56. The number of ether oxygens (including phenoxy) is 1.